The molecule has 3 heteroatoms. The second-order valence-electron chi connectivity index (χ2n) is 8.08. The summed E-state index contributed by atoms with van der Waals surface area (Å²) in [6, 6.07) is 2.58. The topological polar surface area (TPSA) is 42.2 Å². The highest BCUT2D eigenvalue weighted by molar-refractivity contribution is 5.01. The fourth-order valence-corrected chi connectivity index (χ4v) is 4.52. The Bertz CT molecular complexity index is 374. The van der Waals surface area contributed by atoms with Gasteiger partial charge in [-0.3, -0.25) is 0 Å². The predicted octanol–water partition coefficient (Wildman–Crippen LogP) is 5.98. The lowest BCUT2D eigenvalue weighted by atomic mass is 9.71. The van der Waals surface area contributed by atoms with Crippen LogP contribution in [0.5, 0.6) is 0 Å². The molecule has 2 rings (SSSR count). The fraction of sp³-hybridized carbons (Fsp3) is 0.952. The third-order valence-electron chi connectivity index (χ3n) is 6.22. The molecule has 24 heavy (non-hydrogen) atoms. The van der Waals surface area contributed by atoms with Gasteiger partial charge in [0.25, 0.3) is 0 Å². The monoisotopic (exact) mass is 335 g/mol. The van der Waals surface area contributed by atoms with Gasteiger partial charge in [0.2, 0.25) is 0 Å². The summed E-state index contributed by atoms with van der Waals surface area (Å²) in [6.45, 7) is 4.90. The zero-order valence-corrected chi connectivity index (χ0v) is 15.9. The van der Waals surface area contributed by atoms with Crippen LogP contribution in [0.4, 0.5) is 0 Å². The molecule has 0 N–H and O–H groups in total. The minimum absolute atomic E-state index is 0.0770. The number of nitrogens with zero attached hydrogens (tertiary/aromatic N) is 1. The Morgan fingerprint density at radius 2 is 1.54 bits per heavy atom. The van der Waals surface area contributed by atoms with Gasteiger partial charge in [0.05, 0.1) is 23.7 Å². The van der Waals surface area contributed by atoms with Gasteiger partial charge in [-0.15, -0.1) is 0 Å². The van der Waals surface area contributed by atoms with Crippen molar-refractivity contribution in [2.75, 3.05) is 6.79 Å². The van der Waals surface area contributed by atoms with Crippen molar-refractivity contribution in [1.82, 2.24) is 0 Å². The zero-order chi connectivity index (χ0) is 17.3. The molecule has 0 aromatic carbocycles. The van der Waals surface area contributed by atoms with Crippen LogP contribution in [0, 0.1) is 22.7 Å². The van der Waals surface area contributed by atoms with Crippen molar-refractivity contribution in [3.05, 3.63) is 0 Å². The molecule has 2 fully saturated rings. The van der Waals surface area contributed by atoms with Crippen molar-refractivity contribution in [3.63, 3.8) is 0 Å². The Morgan fingerprint density at radius 1 is 0.917 bits per heavy atom. The van der Waals surface area contributed by atoms with Crippen molar-refractivity contribution in [1.29, 1.82) is 5.26 Å². The lowest BCUT2D eigenvalue weighted by Gasteiger charge is -2.35. The highest BCUT2D eigenvalue weighted by Gasteiger charge is 2.35. The molecule has 2 saturated carbocycles. The van der Waals surface area contributed by atoms with Crippen molar-refractivity contribution in [2.24, 2.45) is 11.3 Å². The van der Waals surface area contributed by atoms with E-state index in [0.717, 1.165) is 44.4 Å². The Labute approximate surface area is 149 Å². The van der Waals surface area contributed by atoms with E-state index in [1.807, 2.05) is 0 Å². The minimum Gasteiger partial charge on any atom is -0.352 e. The molecule has 0 bridgehead atoms. The second-order valence-corrected chi connectivity index (χ2v) is 8.08. The van der Waals surface area contributed by atoms with Crippen molar-refractivity contribution in [2.45, 2.75) is 110 Å². The molecule has 0 aromatic heterocycles. The Kier molecular flexibility index (Phi) is 8.56. The van der Waals surface area contributed by atoms with Crippen LogP contribution >= 0.6 is 0 Å². The van der Waals surface area contributed by atoms with E-state index >= 15 is 0 Å². The average Bonchev–Trinajstić information content (AvgIpc) is 2.63. The fourth-order valence-electron chi connectivity index (χ4n) is 4.52. The van der Waals surface area contributed by atoms with Crippen molar-refractivity contribution < 1.29 is 9.47 Å². The summed E-state index contributed by atoms with van der Waals surface area (Å²) in [6.07, 6.45) is 16.0. The molecule has 0 saturated heterocycles. The molecule has 0 radical (unpaired) electrons. The molecule has 0 spiro atoms. The Morgan fingerprint density at radius 3 is 2.08 bits per heavy atom. The van der Waals surface area contributed by atoms with Crippen LogP contribution in [0.2, 0.25) is 0 Å². The van der Waals surface area contributed by atoms with Crippen molar-refractivity contribution >= 4 is 0 Å². The number of rotatable bonds is 9. The highest BCUT2D eigenvalue weighted by Crippen LogP contribution is 2.40. The summed E-state index contributed by atoms with van der Waals surface area (Å²) in [5.74, 6) is 0.932. The van der Waals surface area contributed by atoms with Gasteiger partial charge < -0.3 is 9.47 Å². The minimum atomic E-state index is -0.0770. The van der Waals surface area contributed by atoms with E-state index in [-0.39, 0.29) is 5.41 Å². The Balaban J connectivity index is 1.57. The lowest BCUT2D eigenvalue weighted by molar-refractivity contribution is -0.137. The summed E-state index contributed by atoms with van der Waals surface area (Å²) < 4.78 is 11.9. The largest absolute Gasteiger partial charge is 0.352 e. The number of hydrogen-bond acceptors (Lipinski definition) is 3. The second kappa shape index (κ2) is 10.4. The van der Waals surface area contributed by atoms with Gasteiger partial charge in [-0.05, 0) is 63.7 Å². The molecular formula is C21H37NO2. The van der Waals surface area contributed by atoms with Gasteiger partial charge >= 0.3 is 0 Å². The maximum atomic E-state index is 9.47. The zero-order valence-electron chi connectivity index (χ0n) is 15.9. The number of nitriles is 1. The molecule has 2 aliphatic carbocycles. The first-order chi connectivity index (χ1) is 11.7. The van der Waals surface area contributed by atoms with Crippen LogP contribution in [0.25, 0.3) is 0 Å². The molecule has 138 valence electrons. The summed E-state index contributed by atoms with van der Waals surface area (Å²) in [7, 11) is 0. The molecule has 3 nitrogen and oxygen atoms in total. The molecule has 0 aliphatic heterocycles. The molecule has 2 aliphatic rings. The maximum absolute atomic E-state index is 9.47. The van der Waals surface area contributed by atoms with Gasteiger partial charge in [0, 0.05) is 0 Å². The quantitative estimate of drug-likeness (QED) is 0.487. The smallest absolute Gasteiger partial charge is 0.147 e. The Hall–Kier alpha value is -0.590. The van der Waals surface area contributed by atoms with Gasteiger partial charge in [-0.1, -0.05) is 39.5 Å². The van der Waals surface area contributed by atoms with E-state index in [0.29, 0.717) is 19.0 Å². The standard InChI is InChI=1S/C21H37NO2/c1-3-5-6-18-7-9-19(10-8-18)23-17-24-20-11-14-21(16-22,13-4-2)15-12-20/h18-20H,3-15,17H2,1-2H3. The van der Waals surface area contributed by atoms with Gasteiger partial charge in [-0.2, -0.15) is 5.26 Å². The summed E-state index contributed by atoms with van der Waals surface area (Å²) in [4.78, 5) is 0. The van der Waals surface area contributed by atoms with E-state index in [1.54, 1.807) is 0 Å². The van der Waals surface area contributed by atoms with E-state index in [2.05, 4.69) is 19.9 Å². The average molecular weight is 336 g/mol. The SMILES string of the molecule is CCCCC1CCC(OCOC2CCC(C#N)(CCC)CC2)CC1. The maximum Gasteiger partial charge on any atom is 0.147 e. The van der Waals surface area contributed by atoms with Crippen molar-refractivity contribution in [3.8, 4) is 6.07 Å². The van der Waals surface area contributed by atoms with Crippen LogP contribution in [0.15, 0.2) is 0 Å². The van der Waals surface area contributed by atoms with E-state index in [4.69, 9.17) is 9.47 Å². The van der Waals surface area contributed by atoms with Gasteiger partial charge in [0.15, 0.2) is 0 Å². The van der Waals surface area contributed by atoms with Gasteiger partial charge in [-0.25, -0.2) is 0 Å². The first-order valence-corrected chi connectivity index (χ1v) is 10.4. The summed E-state index contributed by atoms with van der Waals surface area (Å²) in [5, 5.41) is 9.47. The van der Waals surface area contributed by atoms with Crippen LogP contribution < -0.4 is 0 Å². The van der Waals surface area contributed by atoms with Crippen LogP contribution in [-0.4, -0.2) is 19.0 Å². The number of hydrogen-bond donors (Lipinski definition) is 0. The third-order valence-corrected chi connectivity index (χ3v) is 6.22. The first-order valence-electron chi connectivity index (χ1n) is 10.4. The summed E-state index contributed by atoms with van der Waals surface area (Å²) in [5.41, 5.74) is -0.0770. The molecular weight excluding hydrogens is 298 g/mol. The van der Waals surface area contributed by atoms with E-state index in [9.17, 15) is 5.26 Å². The predicted molar refractivity (Wildman–Crippen MR) is 97.5 cm³/mol. The normalized spacial score (nSPS) is 34.0. The van der Waals surface area contributed by atoms with E-state index < -0.39 is 0 Å². The molecule has 0 atom stereocenters. The van der Waals surface area contributed by atoms with E-state index in [1.165, 1.54) is 44.9 Å². The lowest BCUT2D eigenvalue weighted by Crippen LogP contribution is -2.31. The first kappa shape index (κ1) is 19.7. The molecule has 0 amide bonds. The molecule has 0 unspecified atom stereocenters. The van der Waals surface area contributed by atoms with Gasteiger partial charge in [0.1, 0.15) is 6.79 Å². The van der Waals surface area contributed by atoms with Crippen LogP contribution in [-0.2, 0) is 9.47 Å². The molecule has 0 heterocycles. The number of ether oxygens (including phenoxy) is 2. The van der Waals surface area contributed by atoms with Crippen LogP contribution in [0.1, 0.15) is 97.3 Å². The summed E-state index contributed by atoms with van der Waals surface area (Å²) >= 11 is 0. The third kappa shape index (κ3) is 6.05. The van der Waals surface area contributed by atoms with Crippen LogP contribution in [0.3, 0.4) is 0 Å². The number of unbranched alkanes of at least 4 members (excludes halogenated alkanes) is 1. The highest BCUT2D eigenvalue weighted by atomic mass is 16.7. The molecule has 0 aromatic rings.